The van der Waals surface area contributed by atoms with Gasteiger partial charge < -0.3 is 5.48 Å². The van der Waals surface area contributed by atoms with Gasteiger partial charge in [-0.15, -0.1) is 6.58 Å². The van der Waals surface area contributed by atoms with Crippen LogP contribution in [0.3, 0.4) is 0 Å². The molecule has 0 bridgehead atoms. The van der Waals surface area contributed by atoms with Gasteiger partial charge >= 0.3 is 0 Å². The first-order valence-corrected chi connectivity index (χ1v) is 0.986. The smallest absolute Gasteiger partial charge is 0 e. The Bertz CT molecular complexity index is 17.2. The van der Waals surface area contributed by atoms with Crippen LogP contribution in [0.2, 0.25) is 0 Å². The summed E-state index contributed by atoms with van der Waals surface area (Å²) in [6.07, 6.45) is 1.75. The van der Waals surface area contributed by atoms with Gasteiger partial charge in [0.25, 0.3) is 0 Å². The van der Waals surface area contributed by atoms with Crippen molar-refractivity contribution in [3.63, 3.8) is 0 Å². The van der Waals surface area contributed by atoms with Crippen molar-refractivity contribution in [1.82, 2.24) is 0 Å². The highest BCUT2D eigenvalue weighted by atomic mass is 28.1. The fraction of sp³-hybridized carbons (Fsp3) is 0.500. The molecule has 0 spiro atoms. The Kier molecular flexibility index (Phi) is 1060. The summed E-state index contributed by atoms with van der Waals surface area (Å²) in [5, 5.41) is 0. The van der Waals surface area contributed by atoms with E-state index in [0.29, 0.717) is 0 Å². The van der Waals surface area contributed by atoms with E-state index in [1.807, 2.05) is 6.92 Å². The number of hydrogen-bond acceptors (Lipinski definition) is 0. The first-order chi connectivity index (χ1) is 1.41. The molecule has 0 aliphatic rings. The van der Waals surface area contributed by atoms with Crippen LogP contribution in [0, 0.1) is 0 Å². The predicted molar refractivity (Wildman–Crippen MR) is 37.7 cm³/mol. The molecule has 0 aromatic heterocycles. The minimum atomic E-state index is 0. The lowest BCUT2D eigenvalue weighted by Crippen LogP contribution is -1.07. The summed E-state index contributed by atoms with van der Waals surface area (Å²) in [5.74, 6) is 0. The van der Waals surface area contributed by atoms with Crippen LogP contribution in [0.4, 0.5) is 0 Å². The van der Waals surface area contributed by atoms with Crippen LogP contribution in [0.5, 0.6) is 0 Å². The first-order valence-electron chi connectivity index (χ1n) is 0.986. The lowest BCUT2D eigenvalue weighted by molar-refractivity contribution is 0.824. The van der Waals surface area contributed by atoms with E-state index in [4.69, 9.17) is 0 Å². The van der Waals surface area contributed by atoms with Gasteiger partial charge in [-0.2, -0.15) is 0 Å². The zero-order valence-electron chi connectivity index (χ0n) is 3.78. The van der Waals surface area contributed by atoms with E-state index in [0.717, 1.165) is 0 Å². The normalized spacial score (nSPS) is 1.86. The van der Waals surface area contributed by atoms with Gasteiger partial charge in [0.05, 0.1) is 0 Å². The standard InChI is InChI=1S/C3H6.CH4.H2O.2Si/c1-3-2;;;;/h3H,1H2,2H3;1H4;1H2;;. The molecular weight excluding hydrogens is 120 g/mol. The molecule has 0 heterocycles. The van der Waals surface area contributed by atoms with Crippen LogP contribution in [0.1, 0.15) is 14.4 Å². The lowest BCUT2D eigenvalue weighted by Gasteiger charge is -1.31. The van der Waals surface area contributed by atoms with Gasteiger partial charge in [0.1, 0.15) is 0 Å². The van der Waals surface area contributed by atoms with E-state index < -0.39 is 0 Å². The molecule has 1 nitrogen and oxygen atoms in total. The second kappa shape index (κ2) is 126. The third-order valence-corrected chi connectivity index (χ3v) is 0. The van der Waals surface area contributed by atoms with Crippen molar-refractivity contribution in [2.24, 2.45) is 0 Å². The van der Waals surface area contributed by atoms with Crippen molar-refractivity contribution in [1.29, 1.82) is 0 Å². The van der Waals surface area contributed by atoms with Gasteiger partial charge in [-0.05, 0) is 6.92 Å². The van der Waals surface area contributed by atoms with Gasteiger partial charge in [0.2, 0.25) is 0 Å². The molecule has 42 valence electrons. The van der Waals surface area contributed by atoms with Crippen LogP contribution in [0.25, 0.3) is 0 Å². The Balaban J connectivity index is -0.00000000333. The maximum atomic E-state index is 3.36. The zero-order chi connectivity index (χ0) is 2.71. The Hall–Kier alpha value is 0.134. The third-order valence-electron chi connectivity index (χ3n) is 0. The highest BCUT2D eigenvalue weighted by molar-refractivity contribution is 5.76. The SMILES string of the molecule is C.C=CC.O.[Si].[Si]. The number of rotatable bonds is 0. The van der Waals surface area contributed by atoms with E-state index in [1.165, 1.54) is 0 Å². The molecule has 3 heteroatoms. The second-order valence-corrected chi connectivity index (χ2v) is 0.408. The Morgan fingerprint density at radius 2 is 1.29 bits per heavy atom. The fourth-order valence-electron chi connectivity index (χ4n) is 0. The van der Waals surface area contributed by atoms with E-state index in [1.54, 1.807) is 6.08 Å². The van der Waals surface area contributed by atoms with Gasteiger partial charge in [-0.25, -0.2) is 0 Å². The van der Waals surface area contributed by atoms with Gasteiger partial charge in [-0.1, -0.05) is 13.5 Å². The molecule has 0 saturated heterocycles. The quantitative estimate of drug-likeness (QED) is 0.334. The minimum absolute atomic E-state index is 0. The van der Waals surface area contributed by atoms with Crippen LogP contribution < -0.4 is 0 Å². The summed E-state index contributed by atoms with van der Waals surface area (Å²) in [5.41, 5.74) is 0. The Morgan fingerprint density at radius 3 is 1.29 bits per heavy atom. The summed E-state index contributed by atoms with van der Waals surface area (Å²) < 4.78 is 0. The molecule has 7 heavy (non-hydrogen) atoms. The van der Waals surface area contributed by atoms with Crippen LogP contribution in [-0.2, 0) is 0 Å². The monoisotopic (exact) mass is 132 g/mol. The molecule has 0 unspecified atom stereocenters. The first kappa shape index (κ1) is 58.9. The van der Waals surface area contributed by atoms with Gasteiger partial charge in [0.15, 0.2) is 0 Å². The molecule has 0 aromatic rings. The molecule has 0 saturated carbocycles. The van der Waals surface area contributed by atoms with E-state index >= 15 is 0 Å². The summed E-state index contributed by atoms with van der Waals surface area (Å²) in [7, 11) is 0. The van der Waals surface area contributed by atoms with Crippen molar-refractivity contribution in [2.45, 2.75) is 14.4 Å². The molecule has 0 amide bonds. The summed E-state index contributed by atoms with van der Waals surface area (Å²) in [6.45, 7) is 5.25. The van der Waals surface area contributed by atoms with Crippen molar-refractivity contribution in [2.75, 3.05) is 0 Å². The highest BCUT2D eigenvalue weighted by Crippen LogP contribution is 1.38. The van der Waals surface area contributed by atoms with Crippen molar-refractivity contribution >= 4 is 21.9 Å². The predicted octanol–water partition coefficient (Wildman–Crippen LogP) is 0.242. The Labute approximate surface area is 55.2 Å². The zero-order valence-corrected chi connectivity index (χ0v) is 5.78. The van der Waals surface area contributed by atoms with Crippen LogP contribution in [0.15, 0.2) is 12.7 Å². The fourth-order valence-corrected chi connectivity index (χ4v) is 0. The topological polar surface area (TPSA) is 31.5 Å². The van der Waals surface area contributed by atoms with E-state index in [9.17, 15) is 0 Å². The van der Waals surface area contributed by atoms with Crippen LogP contribution >= 0.6 is 0 Å². The molecule has 8 radical (unpaired) electrons. The summed E-state index contributed by atoms with van der Waals surface area (Å²) in [4.78, 5) is 0. The van der Waals surface area contributed by atoms with Crippen LogP contribution in [-0.4, -0.2) is 27.4 Å². The average Bonchev–Trinajstić information content (AvgIpc) is 0.918. The van der Waals surface area contributed by atoms with Crippen molar-refractivity contribution in [3.05, 3.63) is 12.7 Å². The minimum Gasteiger partial charge on any atom is -0.412 e. The average molecular weight is 132 g/mol. The molecular formula is C4H12OSi2. The summed E-state index contributed by atoms with van der Waals surface area (Å²) >= 11 is 0. The van der Waals surface area contributed by atoms with Crippen molar-refractivity contribution < 1.29 is 5.48 Å². The van der Waals surface area contributed by atoms with Gasteiger partial charge in [0, 0.05) is 21.9 Å². The summed E-state index contributed by atoms with van der Waals surface area (Å²) in [6, 6.07) is 0. The number of allylic oxidation sites excluding steroid dienone is 1. The second-order valence-electron chi connectivity index (χ2n) is 0.408. The molecule has 0 atom stereocenters. The molecule has 0 aliphatic heterocycles. The maximum Gasteiger partial charge on any atom is 0 e. The molecule has 0 aliphatic carbocycles. The largest absolute Gasteiger partial charge is 0.412 e. The van der Waals surface area contributed by atoms with Crippen molar-refractivity contribution in [3.8, 4) is 0 Å². The molecule has 0 aromatic carbocycles. The Morgan fingerprint density at radius 1 is 1.29 bits per heavy atom. The highest BCUT2D eigenvalue weighted by Gasteiger charge is 1.15. The van der Waals surface area contributed by atoms with Gasteiger partial charge in [-0.3, -0.25) is 0 Å². The lowest BCUT2D eigenvalue weighted by atomic mass is 10.8. The maximum absolute atomic E-state index is 3.36. The van der Waals surface area contributed by atoms with E-state index in [-0.39, 0.29) is 34.8 Å². The molecule has 0 fully saturated rings. The molecule has 2 N–H and O–H groups in total. The molecule has 0 rings (SSSR count). The number of hydrogen-bond donors (Lipinski definition) is 0. The van der Waals surface area contributed by atoms with E-state index in [2.05, 4.69) is 6.58 Å². The third kappa shape index (κ3) is 5860.